The average molecular weight is 381 g/mol. The topological polar surface area (TPSA) is 75.6 Å². The third kappa shape index (κ3) is 6.67. The van der Waals surface area contributed by atoms with Gasteiger partial charge in [-0.25, -0.2) is 0 Å². The number of hydrogen-bond donors (Lipinski definition) is 2. The highest BCUT2D eigenvalue weighted by Gasteiger charge is 2.29. The first-order chi connectivity index (χ1) is 13.5. The number of carbonyl (C=O) groups is 2. The fraction of sp³-hybridized carbons (Fsp3) is 0.304. The molecule has 0 saturated carbocycles. The summed E-state index contributed by atoms with van der Waals surface area (Å²) >= 11 is 0. The molecule has 0 aromatic heterocycles. The zero-order valence-corrected chi connectivity index (χ0v) is 16.2. The van der Waals surface area contributed by atoms with Crippen LogP contribution in [0.25, 0.3) is 6.08 Å². The third-order valence-corrected chi connectivity index (χ3v) is 4.64. The number of aliphatic carboxylic acids is 1. The summed E-state index contributed by atoms with van der Waals surface area (Å²) < 4.78 is 4.96. The molecule has 2 aromatic carbocycles. The number of methoxy groups -OCH3 is 1. The SMILES string of the molecule is COC(=O)[C@@H](CCC(=O)O)[C@@H](/C=C/c1ccccc1)N[C@H](C)c1ccccc1. The Hall–Kier alpha value is -2.92. The molecule has 0 fully saturated rings. The molecule has 0 amide bonds. The molecular weight excluding hydrogens is 354 g/mol. The third-order valence-electron chi connectivity index (χ3n) is 4.64. The van der Waals surface area contributed by atoms with E-state index in [1.165, 1.54) is 7.11 Å². The van der Waals surface area contributed by atoms with Crippen LogP contribution in [-0.4, -0.2) is 30.2 Å². The first-order valence-electron chi connectivity index (χ1n) is 9.35. The largest absolute Gasteiger partial charge is 0.481 e. The fourth-order valence-electron chi connectivity index (χ4n) is 3.09. The average Bonchev–Trinajstić information content (AvgIpc) is 2.72. The molecule has 0 saturated heterocycles. The van der Waals surface area contributed by atoms with Crippen LogP contribution in [0.2, 0.25) is 0 Å². The van der Waals surface area contributed by atoms with Gasteiger partial charge in [0, 0.05) is 18.5 Å². The summed E-state index contributed by atoms with van der Waals surface area (Å²) in [7, 11) is 1.33. The number of carbonyl (C=O) groups excluding carboxylic acids is 1. The van der Waals surface area contributed by atoms with Crippen LogP contribution in [-0.2, 0) is 14.3 Å². The summed E-state index contributed by atoms with van der Waals surface area (Å²) in [5.41, 5.74) is 2.09. The molecule has 0 aliphatic carbocycles. The quantitative estimate of drug-likeness (QED) is 0.607. The summed E-state index contributed by atoms with van der Waals surface area (Å²) in [5, 5.41) is 12.5. The van der Waals surface area contributed by atoms with E-state index in [9.17, 15) is 9.59 Å². The van der Waals surface area contributed by atoms with Crippen LogP contribution in [0.15, 0.2) is 66.7 Å². The number of ether oxygens (including phenoxy) is 1. The van der Waals surface area contributed by atoms with E-state index in [-0.39, 0.29) is 24.9 Å². The molecule has 2 rings (SSSR count). The highest BCUT2D eigenvalue weighted by Crippen LogP contribution is 2.21. The number of carboxylic acids is 1. The Labute approximate surface area is 166 Å². The first kappa shape index (κ1) is 21.4. The van der Waals surface area contributed by atoms with Crippen molar-refractivity contribution in [3.63, 3.8) is 0 Å². The van der Waals surface area contributed by atoms with Crippen LogP contribution in [0.5, 0.6) is 0 Å². The Balaban J connectivity index is 2.27. The molecular formula is C23H27NO4. The Morgan fingerprint density at radius 2 is 1.68 bits per heavy atom. The van der Waals surface area contributed by atoms with Gasteiger partial charge in [0.2, 0.25) is 0 Å². The van der Waals surface area contributed by atoms with Crippen LogP contribution in [0.1, 0.15) is 36.9 Å². The minimum absolute atomic E-state index is 0.0244. The lowest BCUT2D eigenvalue weighted by Crippen LogP contribution is -2.41. The molecule has 0 aliphatic rings. The van der Waals surface area contributed by atoms with Gasteiger partial charge >= 0.3 is 11.9 Å². The van der Waals surface area contributed by atoms with Gasteiger partial charge in [-0.1, -0.05) is 72.8 Å². The molecule has 0 aliphatic heterocycles. The van der Waals surface area contributed by atoms with E-state index >= 15 is 0 Å². The van der Waals surface area contributed by atoms with Gasteiger partial charge in [0.25, 0.3) is 0 Å². The van der Waals surface area contributed by atoms with Crippen LogP contribution < -0.4 is 5.32 Å². The van der Waals surface area contributed by atoms with E-state index < -0.39 is 17.9 Å². The van der Waals surface area contributed by atoms with Crippen molar-refractivity contribution in [3.05, 3.63) is 77.9 Å². The molecule has 0 radical (unpaired) electrons. The maximum absolute atomic E-state index is 12.4. The summed E-state index contributed by atoms with van der Waals surface area (Å²) in [6, 6.07) is 19.3. The predicted octanol–water partition coefficient (Wildman–Crippen LogP) is 4.07. The van der Waals surface area contributed by atoms with E-state index in [1.54, 1.807) is 0 Å². The molecule has 148 valence electrons. The van der Waals surface area contributed by atoms with Gasteiger partial charge in [0.1, 0.15) is 0 Å². The summed E-state index contributed by atoms with van der Waals surface area (Å²) in [4.78, 5) is 23.5. The van der Waals surface area contributed by atoms with Crippen molar-refractivity contribution in [1.29, 1.82) is 0 Å². The smallest absolute Gasteiger partial charge is 0.310 e. The first-order valence-corrected chi connectivity index (χ1v) is 9.35. The van der Waals surface area contributed by atoms with Gasteiger partial charge in [0.15, 0.2) is 0 Å². The normalized spacial score (nSPS) is 14.4. The lowest BCUT2D eigenvalue weighted by Gasteiger charge is -2.27. The van der Waals surface area contributed by atoms with Crippen molar-refractivity contribution >= 4 is 18.0 Å². The van der Waals surface area contributed by atoms with Gasteiger partial charge in [0.05, 0.1) is 13.0 Å². The summed E-state index contributed by atoms with van der Waals surface area (Å²) in [6.45, 7) is 2.02. The van der Waals surface area contributed by atoms with Crippen LogP contribution >= 0.6 is 0 Å². The molecule has 5 nitrogen and oxygen atoms in total. The Morgan fingerprint density at radius 3 is 2.25 bits per heavy atom. The summed E-state index contributed by atoms with van der Waals surface area (Å²) in [6.07, 6.45) is 3.95. The highest BCUT2D eigenvalue weighted by atomic mass is 16.5. The molecule has 0 unspecified atom stereocenters. The molecule has 2 N–H and O–H groups in total. The van der Waals surface area contributed by atoms with Crippen molar-refractivity contribution in [2.24, 2.45) is 5.92 Å². The lowest BCUT2D eigenvalue weighted by molar-refractivity contribution is -0.147. The Bertz CT molecular complexity index is 774. The van der Waals surface area contributed by atoms with Crippen molar-refractivity contribution in [2.75, 3.05) is 7.11 Å². The van der Waals surface area contributed by atoms with Gasteiger partial charge in [-0.05, 0) is 24.5 Å². The minimum atomic E-state index is -0.934. The number of benzene rings is 2. The molecule has 0 spiro atoms. The summed E-state index contributed by atoms with van der Waals surface area (Å²) in [5.74, 6) is -1.96. The van der Waals surface area contributed by atoms with E-state index in [1.807, 2.05) is 79.7 Å². The predicted molar refractivity (Wildman–Crippen MR) is 110 cm³/mol. The van der Waals surface area contributed by atoms with E-state index in [0.717, 1.165) is 11.1 Å². The molecule has 5 heteroatoms. The number of nitrogens with one attached hydrogen (secondary N) is 1. The second-order valence-electron chi connectivity index (χ2n) is 6.66. The van der Waals surface area contributed by atoms with E-state index in [2.05, 4.69) is 5.32 Å². The van der Waals surface area contributed by atoms with Crippen LogP contribution in [0.3, 0.4) is 0 Å². The molecule has 3 atom stereocenters. The second-order valence-corrected chi connectivity index (χ2v) is 6.66. The number of carboxylic acid groups (broad SMARTS) is 1. The zero-order valence-electron chi connectivity index (χ0n) is 16.2. The van der Waals surface area contributed by atoms with Crippen molar-refractivity contribution in [3.8, 4) is 0 Å². The number of hydrogen-bond acceptors (Lipinski definition) is 4. The van der Waals surface area contributed by atoms with Gasteiger partial charge in [-0.3, -0.25) is 9.59 Å². The van der Waals surface area contributed by atoms with Gasteiger partial charge in [-0.2, -0.15) is 0 Å². The maximum Gasteiger partial charge on any atom is 0.310 e. The minimum Gasteiger partial charge on any atom is -0.481 e. The fourth-order valence-corrected chi connectivity index (χ4v) is 3.09. The lowest BCUT2D eigenvalue weighted by atomic mass is 9.92. The van der Waals surface area contributed by atoms with E-state index in [0.29, 0.717) is 0 Å². The van der Waals surface area contributed by atoms with Crippen molar-refractivity contribution in [2.45, 2.75) is 31.8 Å². The second kappa shape index (κ2) is 11.0. The number of rotatable bonds is 10. The number of esters is 1. The monoisotopic (exact) mass is 381 g/mol. The Kier molecular flexibility index (Phi) is 8.43. The Morgan fingerprint density at radius 1 is 1.07 bits per heavy atom. The standard InChI is InChI=1S/C23H27NO4/c1-17(19-11-7-4-8-12-19)24-21(15-13-18-9-5-3-6-10-18)20(23(27)28-2)14-16-22(25)26/h3-13,15,17,20-21,24H,14,16H2,1-2H3,(H,25,26)/b15-13+/t17-,20+,21-/m1/s1. The van der Waals surface area contributed by atoms with Gasteiger partial charge < -0.3 is 15.2 Å². The molecule has 28 heavy (non-hydrogen) atoms. The molecule has 0 heterocycles. The van der Waals surface area contributed by atoms with E-state index in [4.69, 9.17) is 9.84 Å². The van der Waals surface area contributed by atoms with Crippen LogP contribution in [0, 0.1) is 5.92 Å². The molecule has 0 bridgehead atoms. The van der Waals surface area contributed by atoms with Gasteiger partial charge in [-0.15, -0.1) is 0 Å². The molecule has 2 aromatic rings. The van der Waals surface area contributed by atoms with Crippen molar-refractivity contribution < 1.29 is 19.4 Å². The van der Waals surface area contributed by atoms with Crippen LogP contribution in [0.4, 0.5) is 0 Å². The maximum atomic E-state index is 12.4. The van der Waals surface area contributed by atoms with Crippen molar-refractivity contribution in [1.82, 2.24) is 5.32 Å². The highest BCUT2D eigenvalue weighted by molar-refractivity contribution is 5.75. The zero-order chi connectivity index (χ0) is 20.4.